The average Bonchev–Trinajstić information content (AvgIpc) is 2.11. The molecule has 0 radical (unpaired) electrons. The summed E-state index contributed by atoms with van der Waals surface area (Å²) in [5.41, 5.74) is 0.740. The molecule has 60 valence electrons. The zero-order chi connectivity index (χ0) is 8.21. The molecule has 0 unspecified atom stereocenters. The van der Waals surface area contributed by atoms with Crippen LogP contribution in [0.1, 0.15) is 34.6 Å². The fraction of sp³-hybridized carbons (Fsp3) is 1.00. The van der Waals surface area contributed by atoms with E-state index in [1.165, 1.54) is 0 Å². The van der Waals surface area contributed by atoms with Crippen molar-refractivity contribution in [3.05, 3.63) is 0 Å². The lowest BCUT2D eigenvalue weighted by Crippen LogP contribution is -2.10. The van der Waals surface area contributed by atoms with Crippen molar-refractivity contribution < 1.29 is 5.11 Å². The van der Waals surface area contributed by atoms with E-state index in [2.05, 4.69) is 34.6 Å². The first-order valence-electron chi connectivity index (χ1n) is 3.92. The molecule has 0 saturated heterocycles. The molecular formula is C9H18O. The molecular weight excluding hydrogens is 124 g/mol. The monoisotopic (exact) mass is 142 g/mol. The fourth-order valence-electron chi connectivity index (χ4n) is 2.11. The van der Waals surface area contributed by atoms with E-state index < -0.39 is 0 Å². The first-order valence-corrected chi connectivity index (χ1v) is 3.92. The standard InChI is InChI=1S/C9H18O/c1-7(2)8(3,4)9(7,5)6-10/h10H,6H2,1-5H3. The lowest BCUT2D eigenvalue weighted by Gasteiger charge is -2.09. The van der Waals surface area contributed by atoms with Crippen LogP contribution in [0.25, 0.3) is 0 Å². The van der Waals surface area contributed by atoms with Gasteiger partial charge in [0.25, 0.3) is 0 Å². The third-order valence-electron chi connectivity index (χ3n) is 4.58. The Morgan fingerprint density at radius 3 is 1.20 bits per heavy atom. The van der Waals surface area contributed by atoms with E-state index in [1.807, 2.05) is 0 Å². The van der Waals surface area contributed by atoms with Crippen LogP contribution >= 0.6 is 0 Å². The van der Waals surface area contributed by atoms with Crippen LogP contribution in [0.15, 0.2) is 0 Å². The van der Waals surface area contributed by atoms with Crippen molar-refractivity contribution in [1.82, 2.24) is 0 Å². The van der Waals surface area contributed by atoms with Gasteiger partial charge in [0, 0.05) is 12.0 Å². The van der Waals surface area contributed by atoms with Gasteiger partial charge in [-0.15, -0.1) is 0 Å². The lowest BCUT2D eigenvalue weighted by molar-refractivity contribution is 0.182. The van der Waals surface area contributed by atoms with Gasteiger partial charge in [0.05, 0.1) is 0 Å². The van der Waals surface area contributed by atoms with Crippen molar-refractivity contribution in [2.45, 2.75) is 34.6 Å². The Balaban J connectivity index is 2.90. The maximum absolute atomic E-state index is 9.14. The van der Waals surface area contributed by atoms with Crippen molar-refractivity contribution in [2.75, 3.05) is 6.61 Å². The molecule has 0 aliphatic heterocycles. The molecule has 1 rings (SSSR count). The van der Waals surface area contributed by atoms with Gasteiger partial charge in [0.15, 0.2) is 0 Å². The predicted molar refractivity (Wildman–Crippen MR) is 42.8 cm³/mol. The number of rotatable bonds is 1. The highest BCUT2D eigenvalue weighted by Crippen LogP contribution is 2.77. The van der Waals surface area contributed by atoms with Crippen molar-refractivity contribution in [2.24, 2.45) is 16.2 Å². The number of aliphatic hydroxyl groups excluding tert-OH is 1. The van der Waals surface area contributed by atoms with Crippen LogP contribution in [0.4, 0.5) is 0 Å². The minimum absolute atomic E-state index is 0.139. The minimum atomic E-state index is 0.139. The number of hydrogen-bond acceptors (Lipinski definition) is 1. The topological polar surface area (TPSA) is 20.2 Å². The second-order valence-electron chi connectivity index (χ2n) is 4.74. The maximum Gasteiger partial charge on any atom is 0.0495 e. The van der Waals surface area contributed by atoms with Crippen LogP contribution in [0.2, 0.25) is 0 Å². The third-order valence-corrected chi connectivity index (χ3v) is 4.58. The highest BCUT2D eigenvalue weighted by Gasteiger charge is 2.73. The van der Waals surface area contributed by atoms with Gasteiger partial charge in [-0.05, 0) is 10.8 Å². The first kappa shape index (κ1) is 8.06. The van der Waals surface area contributed by atoms with Crippen molar-refractivity contribution in [3.8, 4) is 0 Å². The molecule has 0 atom stereocenters. The molecule has 1 nitrogen and oxygen atoms in total. The van der Waals surface area contributed by atoms with Crippen molar-refractivity contribution in [1.29, 1.82) is 0 Å². The molecule has 0 heterocycles. The number of aliphatic hydroxyl groups is 1. The van der Waals surface area contributed by atoms with Gasteiger partial charge in [-0.3, -0.25) is 0 Å². The summed E-state index contributed by atoms with van der Waals surface area (Å²) in [6.45, 7) is 11.4. The second kappa shape index (κ2) is 1.58. The Bertz CT molecular complexity index is 142. The summed E-state index contributed by atoms with van der Waals surface area (Å²) in [4.78, 5) is 0. The van der Waals surface area contributed by atoms with Gasteiger partial charge < -0.3 is 5.11 Å². The third kappa shape index (κ3) is 0.493. The molecule has 0 aromatic heterocycles. The summed E-state index contributed by atoms with van der Waals surface area (Å²) in [6.07, 6.45) is 0. The number of hydrogen-bond donors (Lipinski definition) is 1. The van der Waals surface area contributed by atoms with Gasteiger partial charge in [-0.1, -0.05) is 34.6 Å². The highest BCUT2D eigenvalue weighted by atomic mass is 16.3. The van der Waals surface area contributed by atoms with Crippen molar-refractivity contribution >= 4 is 0 Å². The molecule has 1 fully saturated rings. The Morgan fingerprint density at radius 2 is 1.20 bits per heavy atom. The molecule has 1 aliphatic carbocycles. The summed E-state index contributed by atoms with van der Waals surface area (Å²) in [6, 6.07) is 0. The molecule has 1 heteroatoms. The van der Waals surface area contributed by atoms with E-state index in [9.17, 15) is 0 Å². The summed E-state index contributed by atoms with van der Waals surface area (Å²) in [7, 11) is 0. The molecule has 0 spiro atoms. The van der Waals surface area contributed by atoms with Crippen LogP contribution in [0.5, 0.6) is 0 Å². The van der Waals surface area contributed by atoms with Gasteiger partial charge in [0.2, 0.25) is 0 Å². The molecule has 1 N–H and O–H groups in total. The van der Waals surface area contributed by atoms with E-state index in [0.717, 1.165) is 0 Å². The van der Waals surface area contributed by atoms with Crippen LogP contribution < -0.4 is 0 Å². The summed E-state index contributed by atoms with van der Waals surface area (Å²) in [5, 5.41) is 9.14. The molecule has 0 bridgehead atoms. The largest absolute Gasteiger partial charge is 0.396 e. The molecule has 1 aliphatic rings. The molecule has 0 aromatic rings. The fourth-order valence-corrected chi connectivity index (χ4v) is 2.11. The normalized spacial score (nSPS) is 31.8. The quantitative estimate of drug-likeness (QED) is 0.594. The van der Waals surface area contributed by atoms with Gasteiger partial charge in [-0.25, -0.2) is 0 Å². The molecule has 10 heavy (non-hydrogen) atoms. The molecule has 0 aromatic carbocycles. The van der Waals surface area contributed by atoms with Crippen molar-refractivity contribution in [3.63, 3.8) is 0 Å². The van der Waals surface area contributed by atoms with Crippen LogP contribution in [-0.4, -0.2) is 11.7 Å². The van der Waals surface area contributed by atoms with Gasteiger partial charge in [0.1, 0.15) is 0 Å². The van der Waals surface area contributed by atoms with Gasteiger partial charge >= 0.3 is 0 Å². The Hall–Kier alpha value is -0.0400. The summed E-state index contributed by atoms with van der Waals surface area (Å²) in [5.74, 6) is 0. The minimum Gasteiger partial charge on any atom is -0.396 e. The zero-order valence-corrected chi connectivity index (χ0v) is 7.65. The first-order chi connectivity index (χ1) is 4.31. The Labute approximate surface area is 63.4 Å². The van der Waals surface area contributed by atoms with E-state index in [4.69, 9.17) is 5.11 Å². The van der Waals surface area contributed by atoms with E-state index in [0.29, 0.717) is 17.4 Å². The van der Waals surface area contributed by atoms with E-state index in [-0.39, 0.29) is 5.41 Å². The van der Waals surface area contributed by atoms with E-state index >= 15 is 0 Å². The highest BCUT2D eigenvalue weighted by molar-refractivity contribution is 5.21. The zero-order valence-electron chi connectivity index (χ0n) is 7.65. The smallest absolute Gasteiger partial charge is 0.0495 e. The Kier molecular flexibility index (Phi) is 1.27. The Morgan fingerprint density at radius 1 is 0.900 bits per heavy atom. The van der Waals surface area contributed by atoms with Gasteiger partial charge in [-0.2, -0.15) is 0 Å². The second-order valence-corrected chi connectivity index (χ2v) is 4.74. The molecule has 0 amide bonds. The SMILES string of the molecule is CC1(C)C(C)(C)C1(C)CO. The summed E-state index contributed by atoms with van der Waals surface area (Å²) < 4.78 is 0. The predicted octanol–water partition coefficient (Wildman–Crippen LogP) is 2.05. The summed E-state index contributed by atoms with van der Waals surface area (Å²) >= 11 is 0. The average molecular weight is 142 g/mol. The molecule has 1 saturated carbocycles. The maximum atomic E-state index is 9.14. The van der Waals surface area contributed by atoms with Crippen LogP contribution in [0, 0.1) is 16.2 Å². The van der Waals surface area contributed by atoms with Crippen LogP contribution in [0.3, 0.4) is 0 Å². The lowest BCUT2D eigenvalue weighted by atomic mass is 9.99. The van der Waals surface area contributed by atoms with Crippen LogP contribution in [-0.2, 0) is 0 Å². The van der Waals surface area contributed by atoms with E-state index in [1.54, 1.807) is 0 Å².